The highest BCUT2D eigenvalue weighted by molar-refractivity contribution is 6.33. The summed E-state index contributed by atoms with van der Waals surface area (Å²) in [6.45, 7) is 3.01. The number of anilines is 2. The molecule has 5 aromatic rings. The minimum absolute atomic E-state index is 0.0374. The van der Waals surface area contributed by atoms with Gasteiger partial charge in [0.05, 0.1) is 29.3 Å². The van der Waals surface area contributed by atoms with Gasteiger partial charge >= 0.3 is 6.18 Å². The largest absolute Gasteiger partial charge is 0.416 e. The van der Waals surface area contributed by atoms with E-state index in [-0.39, 0.29) is 11.3 Å². The van der Waals surface area contributed by atoms with E-state index in [2.05, 4.69) is 20.7 Å². The second-order valence-corrected chi connectivity index (χ2v) is 11.4. The molecule has 2 aromatic heterocycles. The number of nitrogens with zero attached hydrogens (tertiary/aromatic N) is 7. The van der Waals surface area contributed by atoms with E-state index in [1.165, 1.54) is 6.07 Å². The number of alkyl halides is 3. The lowest BCUT2D eigenvalue weighted by atomic mass is 10.1. The maximum absolute atomic E-state index is 13.8. The zero-order chi connectivity index (χ0) is 32.5. The van der Waals surface area contributed by atoms with E-state index in [9.17, 15) is 18.0 Å². The Bertz CT molecular complexity index is 1850. The van der Waals surface area contributed by atoms with Crippen molar-refractivity contribution in [1.29, 1.82) is 0 Å². The van der Waals surface area contributed by atoms with Crippen LogP contribution in [0.15, 0.2) is 73.1 Å². The average Bonchev–Trinajstić information content (AvgIpc) is 3.62. The molecule has 0 bridgehead atoms. The molecule has 0 spiro atoms. The molecule has 0 saturated heterocycles. The maximum Gasteiger partial charge on any atom is 0.416 e. The predicted molar refractivity (Wildman–Crippen MR) is 170 cm³/mol. The molecule has 13 heteroatoms. The first kappa shape index (κ1) is 31.7. The molecule has 0 aliphatic heterocycles. The third kappa shape index (κ3) is 7.02. The number of hydrogen-bond acceptors (Lipinski definition) is 6. The van der Waals surface area contributed by atoms with Crippen LogP contribution in [-0.2, 0) is 13.2 Å². The van der Waals surface area contributed by atoms with Crippen molar-refractivity contribution >= 4 is 28.9 Å². The number of halogens is 4. The Morgan fingerprint density at radius 1 is 1.00 bits per heavy atom. The number of nitrogens with one attached hydrogen (secondary N) is 1. The molecule has 0 aliphatic carbocycles. The van der Waals surface area contributed by atoms with Crippen molar-refractivity contribution in [2.24, 2.45) is 7.05 Å². The number of aryl methyl sites for hydroxylation is 2. The van der Waals surface area contributed by atoms with Gasteiger partial charge in [0.25, 0.3) is 5.91 Å². The molecule has 2 heterocycles. The van der Waals surface area contributed by atoms with E-state index >= 15 is 0 Å². The van der Waals surface area contributed by atoms with Gasteiger partial charge < -0.3 is 15.1 Å². The van der Waals surface area contributed by atoms with E-state index in [0.29, 0.717) is 35.2 Å². The summed E-state index contributed by atoms with van der Waals surface area (Å²) in [5.74, 6) is -0.564. The van der Waals surface area contributed by atoms with E-state index in [4.69, 9.17) is 11.6 Å². The van der Waals surface area contributed by atoms with Crippen LogP contribution in [0.4, 0.5) is 24.5 Å². The van der Waals surface area contributed by atoms with Crippen molar-refractivity contribution in [3.05, 3.63) is 94.8 Å². The molecule has 3 aromatic carbocycles. The second-order valence-electron chi connectivity index (χ2n) is 11.0. The number of rotatable bonds is 9. The highest BCUT2D eigenvalue weighted by Crippen LogP contribution is 2.36. The zero-order valence-electron chi connectivity index (χ0n) is 25.4. The Labute approximate surface area is 263 Å². The molecule has 0 radical (unpaired) electrons. The number of carbonyl (C=O) groups excluding carboxylic acids is 1. The first-order chi connectivity index (χ1) is 21.3. The quantitative estimate of drug-likeness (QED) is 0.197. The van der Waals surface area contributed by atoms with Crippen molar-refractivity contribution in [1.82, 2.24) is 29.7 Å². The lowest BCUT2D eigenvalue weighted by molar-refractivity contribution is -0.137. The van der Waals surface area contributed by atoms with Gasteiger partial charge in [0.15, 0.2) is 0 Å². The lowest BCUT2D eigenvalue weighted by Gasteiger charge is -2.23. The molecule has 0 atom stereocenters. The number of hydrogen-bond donors (Lipinski definition) is 1. The summed E-state index contributed by atoms with van der Waals surface area (Å²) >= 11 is 6.47. The van der Waals surface area contributed by atoms with Crippen molar-refractivity contribution in [3.8, 4) is 28.2 Å². The van der Waals surface area contributed by atoms with Crippen LogP contribution in [0.5, 0.6) is 0 Å². The van der Waals surface area contributed by atoms with Crippen molar-refractivity contribution in [2.45, 2.75) is 13.1 Å². The highest BCUT2D eigenvalue weighted by atomic mass is 35.5. The molecule has 1 N–H and O–H groups in total. The van der Waals surface area contributed by atoms with Gasteiger partial charge in [-0.1, -0.05) is 41.1 Å². The summed E-state index contributed by atoms with van der Waals surface area (Å²) in [6.07, 6.45) is -1.17. The average molecular weight is 637 g/mol. The third-order valence-electron chi connectivity index (χ3n) is 7.38. The lowest BCUT2D eigenvalue weighted by Crippen LogP contribution is -2.28. The monoisotopic (exact) mass is 636 g/mol. The molecule has 234 valence electrons. The molecule has 0 fully saturated rings. The third-order valence-corrected chi connectivity index (χ3v) is 7.71. The summed E-state index contributed by atoms with van der Waals surface area (Å²) in [5.41, 5.74) is 3.99. The minimum Gasteiger partial charge on any atom is -0.373 e. The van der Waals surface area contributed by atoms with Gasteiger partial charge in [-0.3, -0.25) is 9.48 Å². The molecule has 9 nitrogen and oxygen atoms in total. The second kappa shape index (κ2) is 12.7. The predicted octanol–water partition coefficient (Wildman–Crippen LogP) is 6.57. The van der Waals surface area contributed by atoms with E-state index in [1.54, 1.807) is 58.0 Å². The number of likely N-dealkylation sites (N-methyl/N-ethyl adjacent to an activating group) is 2. The van der Waals surface area contributed by atoms with E-state index in [1.807, 2.05) is 51.2 Å². The topological polar surface area (TPSA) is 84.1 Å². The van der Waals surface area contributed by atoms with Gasteiger partial charge in [0.2, 0.25) is 0 Å². The zero-order valence-corrected chi connectivity index (χ0v) is 26.1. The van der Waals surface area contributed by atoms with Crippen molar-refractivity contribution in [3.63, 3.8) is 0 Å². The summed E-state index contributed by atoms with van der Waals surface area (Å²) in [6, 6.07) is 16.0. The molecule has 5 rings (SSSR count). The molecule has 0 unspecified atom stereocenters. The number of benzene rings is 3. The summed E-state index contributed by atoms with van der Waals surface area (Å²) in [7, 11) is 7.30. The van der Waals surface area contributed by atoms with Crippen LogP contribution in [0.25, 0.3) is 28.2 Å². The van der Waals surface area contributed by atoms with Gasteiger partial charge in [0, 0.05) is 60.3 Å². The Balaban J connectivity index is 1.43. The Kier molecular flexibility index (Phi) is 8.98. The smallest absolute Gasteiger partial charge is 0.373 e. The molecule has 45 heavy (non-hydrogen) atoms. The van der Waals surface area contributed by atoms with Crippen LogP contribution in [0.3, 0.4) is 0 Å². The SMILES string of the molecule is Cc1ccc(C(=O)Nc2cc(N(C)CCN(C)C)cc(C(F)(F)F)c2)cc1-n1cc(-c2cnn(C)c2-c2ccccc2Cl)nn1. The van der Waals surface area contributed by atoms with Crippen LogP contribution in [0.1, 0.15) is 21.5 Å². The van der Waals surface area contributed by atoms with Crippen LogP contribution < -0.4 is 10.2 Å². The van der Waals surface area contributed by atoms with E-state index < -0.39 is 17.6 Å². The normalized spacial score (nSPS) is 11.7. The fourth-order valence-corrected chi connectivity index (χ4v) is 5.08. The van der Waals surface area contributed by atoms with Crippen LogP contribution in [0.2, 0.25) is 5.02 Å². The minimum atomic E-state index is -4.58. The molecule has 0 saturated carbocycles. The first-order valence-electron chi connectivity index (χ1n) is 14.0. The number of aromatic nitrogens is 5. The molecule has 1 amide bonds. The van der Waals surface area contributed by atoms with Gasteiger partial charge in [-0.25, -0.2) is 4.68 Å². The Morgan fingerprint density at radius 3 is 2.47 bits per heavy atom. The van der Waals surface area contributed by atoms with Crippen LogP contribution >= 0.6 is 11.6 Å². The summed E-state index contributed by atoms with van der Waals surface area (Å²) in [4.78, 5) is 17.0. The highest BCUT2D eigenvalue weighted by Gasteiger charge is 2.32. The van der Waals surface area contributed by atoms with Gasteiger partial charge in [-0.2, -0.15) is 18.3 Å². The first-order valence-corrected chi connectivity index (χ1v) is 14.4. The van der Waals surface area contributed by atoms with Gasteiger partial charge in [-0.05, 0) is 63.0 Å². The molecular weight excluding hydrogens is 605 g/mol. The molecule has 0 aliphatic rings. The molecular formula is C32H32ClF3N8O. The van der Waals surface area contributed by atoms with Crippen molar-refractivity contribution < 1.29 is 18.0 Å². The summed E-state index contributed by atoms with van der Waals surface area (Å²) < 4.78 is 44.6. The van der Waals surface area contributed by atoms with E-state index in [0.717, 1.165) is 34.5 Å². The summed E-state index contributed by atoms with van der Waals surface area (Å²) in [5, 5.41) is 16.3. The van der Waals surface area contributed by atoms with Crippen molar-refractivity contribution in [2.75, 3.05) is 44.4 Å². The maximum atomic E-state index is 13.8. The van der Waals surface area contributed by atoms with Crippen LogP contribution in [0, 0.1) is 6.92 Å². The number of carbonyl (C=O) groups is 1. The number of amides is 1. The van der Waals surface area contributed by atoms with Gasteiger partial charge in [0.1, 0.15) is 5.69 Å². The standard InChI is InChI=1S/C32H32ClF3N8O/c1-20-10-11-21(31(45)38-23-15-22(32(34,35)36)16-24(17-23)42(4)13-12-41(2)3)14-29(20)44-19-28(39-40-44)26-18-37-43(5)30(26)25-8-6-7-9-27(25)33/h6-11,14-19H,12-13H2,1-5H3,(H,38,45). The Hall–Kier alpha value is -4.68. The Morgan fingerprint density at radius 2 is 1.76 bits per heavy atom. The fraction of sp³-hybridized carbons (Fsp3) is 0.250. The van der Waals surface area contributed by atoms with Crippen LogP contribution in [-0.4, -0.2) is 69.8 Å². The van der Waals surface area contributed by atoms with Gasteiger partial charge in [-0.15, -0.1) is 5.10 Å². The fourth-order valence-electron chi connectivity index (χ4n) is 4.85.